The minimum Gasteiger partial charge on any atom is -0.367 e. The minimum atomic E-state index is -0.427. The Morgan fingerprint density at radius 3 is 2.75 bits per heavy atom. The van der Waals surface area contributed by atoms with Gasteiger partial charge in [-0.05, 0) is 31.5 Å². The number of anilines is 1. The van der Waals surface area contributed by atoms with E-state index < -0.39 is 6.29 Å². The third-order valence-corrected chi connectivity index (χ3v) is 4.66. The average molecular weight is 332 g/mol. The highest BCUT2D eigenvalue weighted by Crippen LogP contribution is 2.29. The first-order chi connectivity index (χ1) is 11.7. The van der Waals surface area contributed by atoms with Crippen molar-refractivity contribution in [2.24, 2.45) is 0 Å². The van der Waals surface area contributed by atoms with Crippen molar-refractivity contribution >= 4 is 11.7 Å². The third-order valence-electron chi connectivity index (χ3n) is 4.66. The van der Waals surface area contributed by atoms with E-state index >= 15 is 0 Å². The van der Waals surface area contributed by atoms with Gasteiger partial charge in [0.05, 0.1) is 19.8 Å². The monoisotopic (exact) mass is 332 g/mol. The van der Waals surface area contributed by atoms with Crippen LogP contribution < -0.4 is 5.32 Å². The molecule has 1 aromatic rings. The Morgan fingerprint density at radius 1 is 1.25 bits per heavy atom. The van der Waals surface area contributed by atoms with Crippen LogP contribution in [0.5, 0.6) is 0 Å². The highest BCUT2D eigenvalue weighted by Gasteiger charge is 2.28. The molecule has 1 aromatic heterocycles. The Morgan fingerprint density at radius 2 is 2.04 bits per heavy atom. The van der Waals surface area contributed by atoms with Gasteiger partial charge in [0.25, 0.3) is 0 Å². The van der Waals surface area contributed by atoms with Crippen LogP contribution in [0.3, 0.4) is 0 Å². The van der Waals surface area contributed by atoms with E-state index in [0.29, 0.717) is 32.3 Å². The second-order valence-electron chi connectivity index (χ2n) is 6.79. The lowest BCUT2D eigenvalue weighted by Crippen LogP contribution is -2.48. The highest BCUT2D eigenvalue weighted by atomic mass is 16.7. The van der Waals surface area contributed by atoms with E-state index in [-0.39, 0.29) is 5.91 Å². The van der Waals surface area contributed by atoms with Crippen molar-refractivity contribution in [2.45, 2.75) is 31.7 Å². The van der Waals surface area contributed by atoms with E-state index in [1.54, 1.807) is 0 Å². The molecule has 1 amide bonds. The van der Waals surface area contributed by atoms with Gasteiger partial charge in [-0.25, -0.2) is 4.98 Å². The molecule has 7 heteroatoms. The molecule has 130 valence electrons. The fraction of sp³-hybridized carbons (Fsp3) is 0.647. The van der Waals surface area contributed by atoms with Crippen molar-refractivity contribution in [2.75, 3.05) is 45.2 Å². The van der Waals surface area contributed by atoms with Crippen molar-refractivity contribution in [3.63, 3.8) is 0 Å². The van der Waals surface area contributed by atoms with Crippen LogP contribution in [0.15, 0.2) is 12.1 Å². The van der Waals surface area contributed by atoms with Crippen molar-refractivity contribution in [3.8, 4) is 0 Å². The molecular formula is C17H24N4O3. The number of nitrogens with one attached hydrogen (secondary N) is 1. The maximum Gasteiger partial charge on any atom is 0.237 e. The average Bonchev–Trinajstić information content (AvgIpc) is 3.21. The van der Waals surface area contributed by atoms with Gasteiger partial charge in [0.15, 0.2) is 0 Å². The lowest BCUT2D eigenvalue weighted by atomic mass is 10.1. The van der Waals surface area contributed by atoms with Gasteiger partial charge in [-0.1, -0.05) is 6.07 Å². The van der Waals surface area contributed by atoms with Crippen LogP contribution in [0, 0.1) is 0 Å². The van der Waals surface area contributed by atoms with Gasteiger partial charge >= 0.3 is 0 Å². The summed E-state index contributed by atoms with van der Waals surface area (Å²) in [4.78, 5) is 20.9. The number of hydrogen-bond donors (Lipinski definition) is 1. The minimum absolute atomic E-state index is 0.156. The maximum atomic E-state index is 12.3. The van der Waals surface area contributed by atoms with Gasteiger partial charge in [-0.2, -0.15) is 0 Å². The number of amides is 1. The Kier molecular flexibility index (Phi) is 4.39. The molecule has 2 saturated heterocycles. The molecule has 0 radical (unpaired) electrons. The number of nitrogens with zero attached hydrogens (tertiary/aromatic N) is 3. The summed E-state index contributed by atoms with van der Waals surface area (Å²) in [5, 5.41) is 3.42. The summed E-state index contributed by atoms with van der Waals surface area (Å²) in [5.41, 5.74) is 1.80. The first-order valence-electron chi connectivity index (χ1n) is 8.65. The second kappa shape index (κ2) is 6.66. The molecule has 1 saturated carbocycles. The number of piperazine rings is 1. The summed E-state index contributed by atoms with van der Waals surface area (Å²) in [5.74, 6) is 1.02. The molecule has 3 aliphatic rings. The van der Waals surface area contributed by atoms with Gasteiger partial charge in [-0.3, -0.25) is 9.69 Å². The van der Waals surface area contributed by atoms with E-state index in [2.05, 4.69) is 5.32 Å². The smallest absolute Gasteiger partial charge is 0.237 e. The molecular weight excluding hydrogens is 308 g/mol. The van der Waals surface area contributed by atoms with Gasteiger partial charge in [-0.15, -0.1) is 0 Å². The molecule has 1 N–H and O–H groups in total. The molecule has 1 aliphatic carbocycles. The number of carbonyl (C=O) groups is 1. The van der Waals surface area contributed by atoms with Crippen molar-refractivity contribution in [1.82, 2.24) is 14.8 Å². The maximum absolute atomic E-state index is 12.3. The standard InChI is InChI=1S/C17H24N4O3/c1-20-6-7-21(15(22)11-20)10-12-2-5-14(18-13-3-4-13)19-16(12)17-23-8-9-24-17/h2,5,13,17H,3-4,6-11H2,1H3,(H,18,19). The number of ether oxygens (including phenoxy) is 2. The Bertz CT molecular complexity index is 614. The Balaban J connectivity index is 1.54. The van der Waals surface area contributed by atoms with Crippen LogP contribution in [0.25, 0.3) is 0 Å². The lowest BCUT2D eigenvalue weighted by Gasteiger charge is -2.32. The van der Waals surface area contributed by atoms with E-state index in [0.717, 1.165) is 30.2 Å². The van der Waals surface area contributed by atoms with Gasteiger partial charge in [0.2, 0.25) is 12.2 Å². The summed E-state index contributed by atoms with van der Waals surface area (Å²) in [7, 11) is 1.97. The van der Waals surface area contributed by atoms with Gasteiger partial charge in [0.1, 0.15) is 11.5 Å². The molecule has 0 unspecified atom stereocenters. The Hall–Kier alpha value is -1.70. The lowest BCUT2D eigenvalue weighted by molar-refractivity contribution is -0.136. The van der Waals surface area contributed by atoms with E-state index in [9.17, 15) is 4.79 Å². The van der Waals surface area contributed by atoms with Crippen molar-refractivity contribution < 1.29 is 14.3 Å². The van der Waals surface area contributed by atoms with Gasteiger partial charge < -0.3 is 19.7 Å². The fourth-order valence-corrected chi connectivity index (χ4v) is 3.07. The number of carbonyl (C=O) groups excluding carboxylic acids is 1. The topological polar surface area (TPSA) is 66.9 Å². The predicted octanol–water partition coefficient (Wildman–Crippen LogP) is 0.975. The summed E-state index contributed by atoms with van der Waals surface area (Å²) < 4.78 is 11.3. The molecule has 2 aliphatic heterocycles. The number of likely N-dealkylation sites (N-methyl/N-ethyl adjacent to an activating group) is 1. The van der Waals surface area contributed by atoms with Crippen LogP contribution in [0.4, 0.5) is 5.82 Å². The van der Waals surface area contributed by atoms with E-state index in [1.807, 2.05) is 29.0 Å². The molecule has 4 rings (SSSR count). The normalized spacial score (nSPS) is 23.0. The molecule has 0 aromatic carbocycles. The number of hydrogen-bond acceptors (Lipinski definition) is 6. The first-order valence-corrected chi connectivity index (χ1v) is 8.65. The predicted molar refractivity (Wildman–Crippen MR) is 88.4 cm³/mol. The SMILES string of the molecule is CN1CCN(Cc2ccc(NC3CC3)nc2C2OCCO2)C(=O)C1. The molecule has 3 fully saturated rings. The van der Waals surface area contributed by atoms with E-state index in [4.69, 9.17) is 14.5 Å². The summed E-state index contributed by atoms with van der Waals surface area (Å²) in [6.45, 7) is 3.83. The number of rotatable bonds is 5. The molecule has 3 heterocycles. The summed E-state index contributed by atoms with van der Waals surface area (Å²) in [6.07, 6.45) is 1.97. The van der Waals surface area contributed by atoms with Crippen molar-refractivity contribution in [1.29, 1.82) is 0 Å². The third kappa shape index (κ3) is 3.53. The number of pyridine rings is 1. The molecule has 0 atom stereocenters. The molecule has 7 nitrogen and oxygen atoms in total. The van der Waals surface area contributed by atoms with Crippen molar-refractivity contribution in [3.05, 3.63) is 23.4 Å². The quantitative estimate of drug-likeness (QED) is 0.867. The van der Waals surface area contributed by atoms with Crippen LogP contribution in [0.2, 0.25) is 0 Å². The van der Waals surface area contributed by atoms with Crippen LogP contribution in [0.1, 0.15) is 30.4 Å². The second-order valence-corrected chi connectivity index (χ2v) is 6.79. The summed E-state index contributed by atoms with van der Waals surface area (Å²) >= 11 is 0. The highest BCUT2D eigenvalue weighted by molar-refractivity contribution is 5.79. The fourth-order valence-electron chi connectivity index (χ4n) is 3.07. The van der Waals surface area contributed by atoms with Crippen LogP contribution in [-0.4, -0.2) is 66.6 Å². The zero-order valence-electron chi connectivity index (χ0n) is 14.0. The number of aromatic nitrogens is 1. The van der Waals surface area contributed by atoms with Crippen LogP contribution in [-0.2, 0) is 20.8 Å². The largest absolute Gasteiger partial charge is 0.367 e. The van der Waals surface area contributed by atoms with Gasteiger partial charge in [0, 0.05) is 25.7 Å². The van der Waals surface area contributed by atoms with Crippen LogP contribution >= 0.6 is 0 Å². The summed E-state index contributed by atoms with van der Waals surface area (Å²) in [6, 6.07) is 4.58. The molecule has 0 spiro atoms. The molecule has 24 heavy (non-hydrogen) atoms. The Labute approximate surface area is 141 Å². The zero-order valence-corrected chi connectivity index (χ0v) is 14.0. The van der Waals surface area contributed by atoms with E-state index in [1.165, 1.54) is 12.8 Å². The zero-order chi connectivity index (χ0) is 16.5. The first kappa shape index (κ1) is 15.8. The molecule has 0 bridgehead atoms.